The van der Waals surface area contributed by atoms with Gasteiger partial charge in [0, 0.05) is 44.9 Å². The SMILES string of the molecule is COCCNS(=O)(=O)c1ccc(OC)c(N2CCN(S(=O)(=O)c3ccc(Cl)cc3)CC2)c1. The van der Waals surface area contributed by atoms with Gasteiger partial charge in [-0.3, -0.25) is 0 Å². The molecule has 32 heavy (non-hydrogen) atoms. The first-order valence-corrected chi connectivity index (χ1v) is 13.2. The highest BCUT2D eigenvalue weighted by atomic mass is 35.5. The van der Waals surface area contributed by atoms with Gasteiger partial charge in [0.25, 0.3) is 0 Å². The molecule has 0 aromatic heterocycles. The van der Waals surface area contributed by atoms with Crippen LogP contribution < -0.4 is 14.4 Å². The van der Waals surface area contributed by atoms with Crippen molar-refractivity contribution in [3.63, 3.8) is 0 Å². The third-order valence-electron chi connectivity index (χ3n) is 5.09. The number of nitrogens with one attached hydrogen (secondary N) is 1. The van der Waals surface area contributed by atoms with Crippen LogP contribution in [0.15, 0.2) is 52.3 Å². The van der Waals surface area contributed by atoms with Crippen LogP contribution in [0.1, 0.15) is 0 Å². The summed E-state index contributed by atoms with van der Waals surface area (Å²) in [5.74, 6) is 0.509. The van der Waals surface area contributed by atoms with Crippen LogP contribution in [0.25, 0.3) is 0 Å². The van der Waals surface area contributed by atoms with Crippen LogP contribution in [0.3, 0.4) is 0 Å². The molecular weight excluding hydrogens is 478 g/mol. The Balaban J connectivity index is 1.77. The number of hydrogen-bond acceptors (Lipinski definition) is 7. The zero-order chi connectivity index (χ0) is 23.4. The van der Waals surface area contributed by atoms with Crippen LogP contribution in [0.2, 0.25) is 5.02 Å². The van der Waals surface area contributed by atoms with Crippen molar-refractivity contribution in [2.45, 2.75) is 9.79 Å². The highest BCUT2D eigenvalue weighted by Gasteiger charge is 2.30. The summed E-state index contributed by atoms with van der Waals surface area (Å²) in [6.45, 7) is 1.66. The van der Waals surface area contributed by atoms with E-state index in [1.807, 2.05) is 4.90 Å². The predicted molar refractivity (Wildman–Crippen MR) is 122 cm³/mol. The Kier molecular flexibility index (Phi) is 8.01. The summed E-state index contributed by atoms with van der Waals surface area (Å²) in [7, 11) is -4.37. The molecule has 0 aliphatic carbocycles. The second kappa shape index (κ2) is 10.4. The van der Waals surface area contributed by atoms with Crippen LogP contribution >= 0.6 is 11.6 Å². The van der Waals surface area contributed by atoms with Gasteiger partial charge in [0.1, 0.15) is 5.75 Å². The molecule has 0 unspecified atom stereocenters. The van der Waals surface area contributed by atoms with Gasteiger partial charge in [0.2, 0.25) is 20.0 Å². The molecule has 1 saturated heterocycles. The fourth-order valence-corrected chi connectivity index (χ4v) is 5.95. The molecule has 1 aliphatic rings. The highest BCUT2D eigenvalue weighted by molar-refractivity contribution is 7.89. The van der Waals surface area contributed by atoms with Gasteiger partial charge in [0.05, 0.1) is 29.2 Å². The lowest BCUT2D eigenvalue weighted by Crippen LogP contribution is -2.48. The number of sulfonamides is 2. The second-order valence-electron chi connectivity index (χ2n) is 7.07. The van der Waals surface area contributed by atoms with Gasteiger partial charge in [-0.25, -0.2) is 21.6 Å². The van der Waals surface area contributed by atoms with E-state index in [1.165, 1.54) is 42.8 Å². The molecule has 3 rings (SSSR count). The second-order valence-corrected chi connectivity index (χ2v) is 11.2. The maximum absolute atomic E-state index is 12.9. The fourth-order valence-electron chi connectivity index (χ4n) is 3.37. The zero-order valence-electron chi connectivity index (χ0n) is 17.8. The lowest BCUT2D eigenvalue weighted by molar-refractivity contribution is 0.204. The molecule has 2 aromatic carbocycles. The minimum Gasteiger partial charge on any atom is -0.495 e. The Hall–Kier alpha value is -1.89. The molecule has 0 amide bonds. The quantitative estimate of drug-likeness (QED) is 0.520. The Morgan fingerprint density at radius 1 is 0.938 bits per heavy atom. The van der Waals surface area contributed by atoms with Crippen molar-refractivity contribution >= 4 is 37.3 Å². The molecule has 12 heteroatoms. The number of halogens is 1. The maximum atomic E-state index is 12.9. The van der Waals surface area contributed by atoms with Gasteiger partial charge in [-0.1, -0.05) is 11.6 Å². The van der Waals surface area contributed by atoms with E-state index in [0.29, 0.717) is 29.5 Å². The number of benzene rings is 2. The Bertz CT molecular complexity index is 1130. The minimum absolute atomic E-state index is 0.0978. The third kappa shape index (κ3) is 5.53. The van der Waals surface area contributed by atoms with Crippen LogP contribution in [0, 0.1) is 0 Å². The molecule has 0 saturated carbocycles. The van der Waals surface area contributed by atoms with E-state index in [4.69, 9.17) is 21.1 Å². The van der Waals surface area contributed by atoms with Gasteiger partial charge in [-0.15, -0.1) is 0 Å². The molecule has 9 nitrogen and oxygen atoms in total. The lowest BCUT2D eigenvalue weighted by Gasteiger charge is -2.36. The zero-order valence-corrected chi connectivity index (χ0v) is 20.2. The molecule has 0 bridgehead atoms. The monoisotopic (exact) mass is 503 g/mol. The van der Waals surface area contributed by atoms with Crippen LogP contribution in [0.4, 0.5) is 5.69 Å². The number of methoxy groups -OCH3 is 2. The van der Waals surface area contributed by atoms with Crippen molar-refractivity contribution in [1.82, 2.24) is 9.03 Å². The topological polar surface area (TPSA) is 105 Å². The van der Waals surface area contributed by atoms with Crippen molar-refractivity contribution in [3.8, 4) is 5.75 Å². The average Bonchev–Trinajstić information content (AvgIpc) is 2.79. The largest absolute Gasteiger partial charge is 0.495 e. The molecule has 0 spiro atoms. The molecule has 1 aliphatic heterocycles. The van der Waals surface area contributed by atoms with Gasteiger partial charge in [0.15, 0.2) is 0 Å². The van der Waals surface area contributed by atoms with Crippen molar-refractivity contribution in [1.29, 1.82) is 0 Å². The van der Waals surface area contributed by atoms with Gasteiger partial charge in [-0.2, -0.15) is 4.31 Å². The first-order valence-electron chi connectivity index (χ1n) is 9.86. The molecular formula is C20H26ClN3O6S2. The molecule has 1 fully saturated rings. The van der Waals surface area contributed by atoms with Crippen molar-refractivity contribution in [3.05, 3.63) is 47.5 Å². The van der Waals surface area contributed by atoms with E-state index in [1.54, 1.807) is 18.2 Å². The molecule has 176 valence electrons. The fraction of sp³-hybridized carbons (Fsp3) is 0.400. The predicted octanol–water partition coefficient (Wildman–Crippen LogP) is 1.78. The number of rotatable bonds is 9. The van der Waals surface area contributed by atoms with Crippen molar-refractivity contribution < 1.29 is 26.3 Å². The summed E-state index contributed by atoms with van der Waals surface area (Å²) in [6.07, 6.45) is 0. The summed E-state index contributed by atoms with van der Waals surface area (Å²) < 4.78 is 65.2. The average molecular weight is 504 g/mol. The summed E-state index contributed by atoms with van der Waals surface area (Å²) in [5.41, 5.74) is 0.589. The van der Waals surface area contributed by atoms with E-state index < -0.39 is 20.0 Å². The molecule has 1 N–H and O–H groups in total. The standard InChI is InChI=1S/C20H26ClN3O6S2/c1-29-14-9-22-31(25,26)18-7-8-20(30-2)19(15-18)23-10-12-24(13-11-23)32(27,28)17-5-3-16(21)4-6-17/h3-8,15,22H,9-14H2,1-2H3. The van der Waals surface area contributed by atoms with Gasteiger partial charge in [-0.05, 0) is 42.5 Å². The van der Waals surface area contributed by atoms with Crippen LogP contribution in [0.5, 0.6) is 5.75 Å². The first-order chi connectivity index (χ1) is 15.2. The Morgan fingerprint density at radius 2 is 1.56 bits per heavy atom. The Labute approximate surface area is 194 Å². The molecule has 0 atom stereocenters. The lowest BCUT2D eigenvalue weighted by atomic mass is 10.2. The first kappa shape index (κ1) is 24.7. The van der Waals surface area contributed by atoms with E-state index in [9.17, 15) is 16.8 Å². The van der Waals surface area contributed by atoms with Crippen LogP contribution in [-0.4, -0.2) is 74.7 Å². The van der Waals surface area contributed by atoms with Gasteiger partial charge >= 0.3 is 0 Å². The van der Waals surface area contributed by atoms with Gasteiger partial charge < -0.3 is 14.4 Å². The molecule has 1 heterocycles. The van der Waals surface area contributed by atoms with E-state index in [-0.39, 0.29) is 36.0 Å². The molecule has 2 aromatic rings. The minimum atomic E-state index is -3.72. The summed E-state index contributed by atoms with van der Waals surface area (Å²) in [6, 6.07) is 10.7. The van der Waals surface area contributed by atoms with E-state index >= 15 is 0 Å². The number of nitrogens with zero attached hydrogens (tertiary/aromatic N) is 2. The summed E-state index contributed by atoms with van der Waals surface area (Å²) >= 11 is 5.86. The molecule has 0 radical (unpaired) electrons. The van der Waals surface area contributed by atoms with Crippen LogP contribution in [-0.2, 0) is 24.8 Å². The normalized spacial score (nSPS) is 15.7. The van der Waals surface area contributed by atoms with Crippen molar-refractivity contribution in [2.75, 3.05) is 58.5 Å². The Morgan fingerprint density at radius 3 is 2.16 bits per heavy atom. The van der Waals surface area contributed by atoms with E-state index in [2.05, 4.69) is 4.72 Å². The maximum Gasteiger partial charge on any atom is 0.243 e. The summed E-state index contributed by atoms with van der Waals surface area (Å²) in [4.78, 5) is 2.20. The number of anilines is 1. The number of hydrogen-bond donors (Lipinski definition) is 1. The highest BCUT2D eigenvalue weighted by Crippen LogP contribution is 2.32. The van der Waals surface area contributed by atoms with E-state index in [0.717, 1.165) is 0 Å². The summed E-state index contributed by atoms with van der Waals surface area (Å²) in [5, 5.41) is 0.465. The number of ether oxygens (including phenoxy) is 2. The number of piperazine rings is 1. The van der Waals surface area contributed by atoms with Crippen molar-refractivity contribution in [2.24, 2.45) is 0 Å². The smallest absolute Gasteiger partial charge is 0.243 e. The third-order valence-corrected chi connectivity index (χ3v) is 8.71.